The first-order valence-electron chi connectivity index (χ1n) is 14.6. The number of nitrogens with zero attached hydrogens (tertiary/aromatic N) is 5. The molecule has 0 aliphatic carbocycles. The summed E-state index contributed by atoms with van der Waals surface area (Å²) in [6.45, 7) is 5.71. The molecule has 3 heterocycles. The van der Waals surface area contributed by atoms with Crippen LogP contribution in [0.5, 0.6) is 0 Å². The zero-order chi connectivity index (χ0) is 36.3. The number of amides is 2. The van der Waals surface area contributed by atoms with Crippen LogP contribution in [0.4, 0.5) is 41.6 Å². The Bertz CT molecular complexity index is 1660. The maximum atomic E-state index is 13.1. The second kappa shape index (κ2) is 17.0. The van der Waals surface area contributed by atoms with Crippen LogP contribution in [0.3, 0.4) is 0 Å². The van der Waals surface area contributed by atoms with Crippen LogP contribution >= 0.6 is 0 Å². The van der Waals surface area contributed by atoms with E-state index in [-0.39, 0.29) is 28.5 Å². The lowest BCUT2D eigenvalue weighted by Gasteiger charge is -2.26. The molecule has 3 aromatic rings. The third-order valence-electron chi connectivity index (χ3n) is 7.02. The molecule has 4 rings (SSSR count). The van der Waals surface area contributed by atoms with E-state index in [1.54, 1.807) is 19.2 Å². The molecular formula is C28H35F3N10O8. The summed E-state index contributed by atoms with van der Waals surface area (Å²) in [7, 11) is 3.12. The van der Waals surface area contributed by atoms with Crippen molar-refractivity contribution in [2.75, 3.05) is 67.9 Å². The average Bonchev–Trinajstić information content (AvgIpc) is 3.59. The van der Waals surface area contributed by atoms with E-state index in [1.165, 1.54) is 40.7 Å². The number of aryl methyl sites for hydroxylation is 2. The van der Waals surface area contributed by atoms with Crippen LogP contribution in [0.25, 0.3) is 0 Å². The summed E-state index contributed by atoms with van der Waals surface area (Å²) in [4.78, 5) is 58.6. The minimum absolute atomic E-state index is 0.0739. The molecule has 1 aromatic carbocycles. The molecule has 0 atom stereocenters. The van der Waals surface area contributed by atoms with Gasteiger partial charge in [0.1, 0.15) is 17.1 Å². The Hall–Kier alpha value is -5.54. The van der Waals surface area contributed by atoms with Crippen LogP contribution in [0.1, 0.15) is 21.0 Å². The third-order valence-corrected chi connectivity index (χ3v) is 7.02. The lowest BCUT2D eigenvalue weighted by molar-refractivity contribution is -0.384. The molecule has 266 valence electrons. The van der Waals surface area contributed by atoms with E-state index in [2.05, 4.69) is 26.6 Å². The Morgan fingerprint density at radius 3 is 1.76 bits per heavy atom. The summed E-state index contributed by atoms with van der Waals surface area (Å²) in [5.41, 5.74) is 0.917. The van der Waals surface area contributed by atoms with Gasteiger partial charge in [-0.15, -0.1) is 0 Å². The van der Waals surface area contributed by atoms with Gasteiger partial charge in [0, 0.05) is 90.5 Å². The molecule has 2 amide bonds. The first-order valence-corrected chi connectivity index (χ1v) is 14.6. The summed E-state index contributed by atoms with van der Waals surface area (Å²) < 4.78 is 34.6. The second-order valence-electron chi connectivity index (χ2n) is 10.6. The number of alkyl halides is 3. The number of aliphatic carboxylic acids is 1. The van der Waals surface area contributed by atoms with Gasteiger partial charge in [0.15, 0.2) is 0 Å². The molecule has 1 saturated heterocycles. The van der Waals surface area contributed by atoms with E-state index in [4.69, 9.17) is 9.90 Å². The zero-order valence-corrected chi connectivity index (χ0v) is 26.4. The number of halogens is 3. The minimum atomic E-state index is -5.08. The number of carboxylic acids is 1. The van der Waals surface area contributed by atoms with Gasteiger partial charge in [-0.2, -0.15) is 13.2 Å². The Kier molecular flexibility index (Phi) is 13.2. The molecular weight excluding hydrogens is 661 g/mol. The van der Waals surface area contributed by atoms with Gasteiger partial charge in [-0.1, -0.05) is 0 Å². The summed E-state index contributed by atoms with van der Waals surface area (Å²) in [6.07, 6.45) is -2.33. The van der Waals surface area contributed by atoms with Gasteiger partial charge in [0.25, 0.3) is 23.2 Å². The first-order chi connectivity index (χ1) is 23.1. The van der Waals surface area contributed by atoms with Gasteiger partial charge < -0.3 is 45.7 Å². The normalized spacial score (nSPS) is 14.3. The van der Waals surface area contributed by atoms with Crippen molar-refractivity contribution in [3.63, 3.8) is 0 Å². The van der Waals surface area contributed by atoms with Crippen molar-refractivity contribution in [3.05, 3.63) is 74.3 Å². The van der Waals surface area contributed by atoms with E-state index in [0.717, 1.165) is 32.2 Å². The lowest BCUT2D eigenvalue weighted by atomic mass is 10.2. The fraction of sp³-hybridized carbons (Fsp3) is 0.393. The smallest absolute Gasteiger partial charge is 0.475 e. The summed E-state index contributed by atoms with van der Waals surface area (Å²) in [5.74, 6) is -3.88. The molecule has 21 heteroatoms. The predicted octanol–water partition coefficient (Wildman–Crippen LogP) is 1.91. The van der Waals surface area contributed by atoms with Crippen LogP contribution in [-0.4, -0.2) is 100 Å². The van der Waals surface area contributed by atoms with Gasteiger partial charge in [-0.25, -0.2) is 4.79 Å². The monoisotopic (exact) mass is 696 g/mol. The molecule has 1 fully saturated rings. The number of nitrogens with one attached hydrogen (secondary N) is 5. The third kappa shape index (κ3) is 11.0. The van der Waals surface area contributed by atoms with Crippen molar-refractivity contribution < 1.29 is 42.5 Å². The molecule has 2 aromatic heterocycles. The van der Waals surface area contributed by atoms with Gasteiger partial charge in [-0.05, 0) is 18.2 Å². The predicted molar refractivity (Wildman–Crippen MR) is 171 cm³/mol. The number of nitro benzene ring substituents is 1. The van der Waals surface area contributed by atoms with E-state index in [9.17, 15) is 43.0 Å². The van der Waals surface area contributed by atoms with Crippen LogP contribution in [0.2, 0.25) is 0 Å². The Balaban J connectivity index is 0.000000838. The summed E-state index contributed by atoms with van der Waals surface area (Å²) in [6, 6.07) is 7.19. The number of aromatic nitrogens is 2. The number of nitro groups is 2. The zero-order valence-electron chi connectivity index (χ0n) is 26.4. The van der Waals surface area contributed by atoms with Gasteiger partial charge in [0.2, 0.25) is 0 Å². The lowest BCUT2D eigenvalue weighted by Crippen LogP contribution is -2.42. The SMILES string of the molecule is Cn1cc(NC(=O)c2cc([N+](=O)[O-])cn2C)cc1C(=O)Nc1ccc(N2CCNCCNCCNCC2)c([N+](=O)[O-])c1.O=C(O)C(F)(F)F. The molecule has 49 heavy (non-hydrogen) atoms. The van der Waals surface area contributed by atoms with E-state index in [0.29, 0.717) is 37.6 Å². The number of carbonyl (C=O) groups excluding carboxylic acids is 2. The minimum Gasteiger partial charge on any atom is -0.475 e. The van der Waals surface area contributed by atoms with E-state index < -0.39 is 33.8 Å². The Morgan fingerprint density at radius 1 is 0.776 bits per heavy atom. The Labute approximate surface area is 276 Å². The maximum Gasteiger partial charge on any atom is 0.490 e. The van der Waals surface area contributed by atoms with Crippen molar-refractivity contribution in [1.29, 1.82) is 0 Å². The number of carboxylic acid groups (broad SMARTS) is 1. The maximum absolute atomic E-state index is 13.1. The number of benzene rings is 1. The highest BCUT2D eigenvalue weighted by atomic mass is 19.4. The molecule has 18 nitrogen and oxygen atoms in total. The first kappa shape index (κ1) is 37.9. The number of rotatable bonds is 7. The summed E-state index contributed by atoms with van der Waals surface area (Å²) in [5, 5.41) is 45.5. The number of hydrogen-bond acceptors (Lipinski definition) is 11. The van der Waals surface area contributed by atoms with Crippen molar-refractivity contribution >= 4 is 46.2 Å². The van der Waals surface area contributed by atoms with Crippen LogP contribution in [0.15, 0.2) is 42.7 Å². The highest BCUT2D eigenvalue weighted by Crippen LogP contribution is 2.31. The molecule has 0 unspecified atom stereocenters. The van der Waals surface area contributed by atoms with Gasteiger partial charge in [-0.3, -0.25) is 29.8 Å². The molecule has 0 spiro atoms. The van der Waals surface area contributed by atoms with Crippen molar-refractivity contribution in [2.45, 2.75) is 6.18 Å². The van der Waals surface area contributed by atoms with Crippen molar-refractivity contribution in [1.82, 2.24) is 25.1 Å². The number of carbonyl (C=O) groups is 3. The topological polar surface area (TPSA) is 231 Å². The molecule has 0 radical (unpaired) electrons. The second-order valence-corrected chi connectivity index (χ2v) is 10.6. The van der Waals surface area contributed by atoms with E-state index in [1.807, 2.05) is 4.90 Å². The average molecular weight is 697 g/mol. The molecule has 6 N–H and O–H groups in total. The fourth-order valence-corrected chi connectivity index (χ4v) is 4.65. The number of anilines is 3. The Morgan fingerprint density at radius 2 is 1.27 bits per heavy atom. The largest absolute Gasteiger partial charge is 0.490 e. The molecule has 1 aliphatic heterocycles. The fourth-order valence-electron chi connectivity index (χ4n) is 4.65. The summed E-state index contributed by atoms with van der Waals surface area (Å²) >= 11 is 0. The quantitative estimate of drug-likeness (QED) is 0.154. The van der Waals surface area contributed by atoms with Gasteiger partial charge in [0.05, 0.1) is 21.7 Å². The van der Waals surface area contributed by atoms with Crippen LogP contribution < -0.4 is 31.5 Å². The van der Waals surface area contributed by atoms with Crippen LogP contribution in [-0.2, 0) is 18.9 Å². The standard InChI is InChI=1S/C26H34N10O6.C2HF3O2/c1-32-16-19(31-26(38)24-15-20(35(39)40)17-33(24)2)14-23(32)25(37)30-18-3-4-21(22(13-18)36(41)42)34-11-9-28-7-5-27-6-8-29-10-12-34;3-2(4,5)1(6)7/h3-4,13-17,27-29H,5-12H2,1-2H3,(H,30,37)(H,31,38);(H,6,7). The number of hydrogen-bond donors (Lipinski definition) is 6. The van der Waals surface area contributed by atoms with Crippen LogP contribution in [0, 0.1) is 20.2 Å². The van der Waals surface area contributed by atoms with Gasteiger partial charge >= 0.3 is 12.1 Å². The highest BCUT2D eigenvalue weighted by Gasteiger charge is 2.38. The molecule has 0 bridgehead atoms. The van der Waals surface area contributed by atoms with Crippen molar-refractivity contribution in [2.24, 2.45) is 14.1 Å². The highest BCUT2D eigenvalue weighted by molar-refractivity contribution is 6.07. The molecule has 0 saturated carbocycles. The van der Waals surface area contributed by atoms with E-state index >= 15 is 0 Å². The molecule has 1 aliphatic rings. The van der Waals surface area contributed by atoms with Crippen molar-refractivity contribution in [3.8, 4) is 0 Å².